The largest absolute Gasteiger partial charge is 0.323 e. The molecule has 152 valence electrons. The van der Waals surface area contributed by atoms with Gasteiger partial charge >= 0.3 is 0 Å². The van der Waals surface area contributed by atoms with Crippen LogP contribution in [-0.4, -0.2) is 20.7 Å². The molecular weight excluding hydrogens is 396 g/mol. The minimum atomic E-state index is -0.725. The molecule has 0 spiro atoms. The summed E-state index contributed by atoms with van der Waals surface area (Å²) in [5.41, 5.74) is 0.146. The normalized spacial score (nSPS) is 13.3. The van der Waals surface area contributed by atoms with Gasteiger partial charge in [0.15, 0.2) is 5.16 Å². The van der Waals surface area contributed by atoms with Crippen molar-refractivity contribution in [3.63, 3.8) is 0 Å². The van der Waals surface area contributed by atoms with Gasteiger partial charge in [0.2, 0.25) is 5.91 Å². The number of rotatable bonds is 6. The monoisotopic (exact) mass is 417 g/mol. The molecule has 0 aliphatic heterocycles. The van der Waals surface area contributed by atoms with Crippen LogP contribution in [0.15, 0.2) is 52.4 Å². The second kappa shape index (κ2) is 8.73. The molecule has 0 radical (unpaired) electrons. The van der Waals surface area contributed by atoms with Crippen molar-refractivity contribution in [1.29, 1.82) is 0 Å². The van der Waals surface area contributed by atoms with Gasteiger partial charge in [-0.1, -0.05) is 30.8 Å². The Morgan fingerprint density at radius 1 is 1.21 bits per heavy atom. The highest BCUT2D eigenvalue weighted by molar-refractivity contribution is 8.00. The molecule has 0 saturated heterocycles. The molecule has 1 heterocycles. The highest BCUT2D eigenvalue weighted by Crippen LogP contribution is 2.27. The Hall–Kier alpha value is -2.74. The summed E-state index contributed by atoms with van der Waals surface area (Å²) in [6, 6.07) is 9.78. The van der Waals surface area contributed by atoms with E-state index >= 15 is 0 Å². The molecule has 0 aliphatic carbocycles. The molecule has 0 saturated carbocycles. The van der Waals surface area contributed by atoms with Crippen molar-refractivity contribution >= 4 is 34.3 Å². The lowest BCUT2D eigenvalue weighted by Gasteiger charge is -2.20. The number of fused-ring (bicyclic) bond motifs is 1. The van der Waals surface area contributed by atoms with E-state index in [1.54, 1.807) is 35.8 Å². The van der Waals surface area contributed by atoms with Crippen LogP contribution in [0, 0.1) is 11.6 Å². The van der Waals surface area contributed by atoms with E-state index in [4.69, 9.17) is 0 Å². The number of nitrogens with one attached hydrogen (secondary N) is 1. The molecular formula is C21H21F2N3O2S. The molecule has 3 aromatic rings. The summed E-state index contributed by atoms with van der Waals surface area (Å²) in [7, 11) is 0. The number of thioether (sulfide) groups is 1. The van der Waals surface area contributed by atoms with E-state index in [1.807, 2.05) is 13.8 Å². The summed E-state index contributed by atoms with van der Waals surface area (Å²) >= 11 is 1.10. The maximum Gasteiger partial charge on any atom is 0.262 e. The molecule has 0 unspecified atom stereocenters. The minimum Gasteiger partial charge on any atom is -0.323 e. The van der Waals surface area contributed by atoms with E-state index in [0.29, 0.717) is 22.5 Å². The van der Waals surface area contributed by atoms with Gasteiger partial charge in [0.05, 0.1) is 21.8 Å². The zero-order chi connectivity index (χ0) is 21.1. The molecule has 0 fully saturated rings. The summed E-state index contributed by atoms with van der Waals surface area (Å²) in [6.07, 6.45) is 0.711. The molecule has 2 aromatic carbocycles. The van der Waals surface area contributed by atoms with E-state index in [9.17, 15) is 18.4 Å². The van der Waals surface area contributed by atoms with Gasteiger partial charge in [0, 0.05) is 12.1 Å². The van der Waals surface area contributed by atoms with E-state index < -0.39 is 22.8 Å². The van der Waals surface area contributed by atoms with Crippen molar-refractivity contribution in [3.8, 4) is 0 Å². The Kier molecular flexibility index (Phi) is 6.32. The van der Waals surface area contributed by atoms with Crippen LogP contribution >= 0.6 is 11.8 Å². The second-order valence-electron chi connectivity index (χ2n) is 6.72. The van der Waals surface area contributed by atoms with E-state index in [-0.39, 0.29) is 17.3 Å². The summed E-state index contributed by atoms with van der Waals surface area (Å²) in [5, 5.41) is 2.62. The van der Waals surface area contributed by atoms with Crippen LogP contribution in [0.25, 0.3) is 10.9 Å². The Morgan fingerprint density at radius 3 is 2.66 bits per heavy atom. The summed E-state index contributed by atoms with van der Waals surface area (Å²) < 4.78 is 28.7. The Bertz CT molecular complexity index is 1120. The number of carbonyl (C=O) groups excluding carboxylic acids is 1. The number of halogens is 2. The van der Waals surface area contributed by atoms with Crippen molar-refractivity contribution in [2.24, 2.45) is 0 Å². The third kappa shape index (κ3) is 4.48. The van der Waals surface area contributed by atoms with E-state index in [1.165, 1.54) is 0 Å². The Balaban J connectivity index is 1.93. The summed E-state index contributed by atoms with van der Waals surface area (Å²) in [6.45, 7) is 5.50. The average molecular weight is 417 g/mol. The lowest BCUT2D eigenvalue weighted by Crippen LogP contribution is -2.28. The molecule has 0 bridgehead atoms. The van der Waals surface area contributed by atoms with Gasteiger partial charge in [-0.25, -0.2) is 13.8 Å². The molecule has 29 heavy (non-hydrogen) atoms. The fourth-order valence-electron chi connectivity index (χ4n) is 2.82. The summed E-state index contributed by atoms with van der Waals surface area (Å²) in [5.74, 6) is -1.89. The van der Waals surface area contributed by atoms with Crippen molar-refractivity contribution in [2.75, 3.05) is 5.32 Å². The quantitative estimate of drug-likeness (QED) is 0.464. The first kappa shape index (κ1) is 21.0. The van der Waals surface area contributed by atoms with Crippen LogP contribution in [0.2, 0.25) is 0 Å². The molecule has 2 atom stereocenters. The smallest absolute Gasteiger partial charge is 0.262 e. The highest BCUT2D eigenvalue weighted by atomic mass is 32.2. The first-order valence-corrected chi connectivity index (χ1v) is 10.1. The van der Waals surface area contributed by atoms with Crippen molar-refractivity contribution < 1.29 is 13.6 Å². The number of hydrogen-bond acceptors (Lipinski definition) is 4. The predicted octanol–water partition coefficient (Wildman–Crippen LogP) is 4.77. The van der Waals surface area contributed by atoms with Gasteiger partial charge in [-0.3, -0.25) is 14.2 Å². The SMILES string of the molecule is CC[C@H](C)n1c(S[C@H](C)C(=O)Nc2cc(F)ccc2F)nc2ccccc2c1=O. The number of para-hydroxylation sites is 1. The van der Waals surface area contributed by atoms with Crippen LogP contribution in [0.3, 0.4) is 0 Å². The zero-order valence-corrected chi connectivity index (χ0v) is 17.1. The van der Waals surface area contributed by atoms with Crippen LogP contribution in [0.4, 0.5) is 14.5 Å². The number of hydrogen-bond donors (Lipinski definition) is 1. The third-order valence-corrected chi connectivity index (χ3v) is 5.71. The maximum atomic E-state index is 13.8. The van der Waals surface area contributed by atoms with Crippen molar-refractivity contribution in [2.45, 2.75) is 43.6 Å². The topological polar surface area (TPSA) is 64.0 Å². The average Bonchev–Trinajstić information content (AvgIpc) is 2.70. The molecule has 1 N–H and O–H groups in total. The lowest BCUT2D eigenvalue weighted by molar-refractivity contribution is -0.115. The molecule has 1 aromatic heterocycles. The maximum absolute atomic E-state index is 13.8. The van der Waals surface area contributed by atoms with Crippen LogP contribution < -0.4 is 10.9 Å². The van der Waals surface area contributed by atoms with Gasteiger partial charge < -0.3 is 5.32 Å². The number of amides is 1. The molecule has 0 aliphatic rings. The van der Waals surface area contributed by atoms with Crippen LogP contribution in [0.5, 0.6) is 0 Å². The molecule has 3 rings (SSSR count). The fraction of sp³-hybridized carbons (Fsp3) is 0.286. The number of aromatic nitrogens is 2. The highest BCUT2D eigenvalue weighted by Gasteiger charge is 2.22. The summed E-state index contributed by atoms with van der Waals surface area (Å²) in [4.78, 5) is 30.1. The van der Waals surface area contributed by atoms with E-state index in [0.717, 1.165) is 30.0 Å². The zero-order valence-electron chi connectivity index (χ0n) is 16.3. The Morgan fingerprint density at radius 2 is 1.93 bits per heavy atom. The number of anilines is 1. The number of benzene rings is 2. The van der Waals surface area contributed by atoms with Gasteiger partial charge in [-0.05, 0) is 44.5 Å². The molecule has 5 nitrogen and oxygen atoms in total. The third-order valence-electron chi connectivity index (χ3n) is 4.64. The second-order valence-corrected chi connectivity index (χ2v) is 8.03. The molecule has 1 amide bonds. The van der Waals surface area contributed by atoms with Crippen molar-refractivity contribution in [3.05, 3.63) is 64.5 Å². The minimum absolute atomic E-state index is 0.113. The van der Waals surface area contributed by atoms with Crippen LogP contribution in [0.1, 0.15) is 33.2 Å². The predicted molar refractivity (Wildman–Crippen MR) is 111 cm³/mol. The fourth-order valence-corrected chi connectivity index (χ4v) is 3.83. The first-order valence-electron chi connectivity index (χ1n) is 9.25. The van der Waals surface area contributed by atoms with Gasteiger partial charge in [-0.15, -0.1) is 0 Å². The van der Waals surface area contributed by atoms with Gasteiger partial charge in [0.1, 0.15) is 11.6 Å². The number of nitrogens with zero attached hydrogens (tertiary/aromatic N) is 2. The lowest BCUT2D eigenvalue weighted by atomic mass is 10.2. The standard InChI is InChI=1S/C21H21F2N3O2S/c1-4-12(2)26-20(28)15-7-5-6-8-17(15)25-21(26)29-13(3)19(27)24-18-11-14(22)9-10-16(18)23/h5-13H,4H2,1-3H3,(H,24,27)/t12-,13+/m0/s1. The van der Waals surface area contributed by atoms with Crippen molar-refractivity contribution in [1.82, 2.24) is 9.55 Å². The van der Waals surface area contributed by atoms with Crippen LogP contribution in [-0.2, 0) is 4.79 Å². The first-order chi connectivity index (χ1) is 13.8. The van der Waals surface area contributed by atoms with Gasteiger partial charge in [-0.2, -0.15) is 0 Å². The Labute approximate surface area is 171 Å². The van der Waals surface area contributed by atoms with Gasteiger partial charge in [0.25, 0.3) is 5.56 Å². The molecule has 8 heteroatoms. The number of carbonyl (C=O) groups is 1. The van der Waals surface area contributed by atoms with E-state index in [2.05, 4.69) is 10.3 Å².